The average molecular weight is 334 g/mol. The Morgan fingerprint density at radius 2 is 1.78 bits per heavy atom. The molecule has 0 aliphatic carbocycles. The topological polar surface area (TPSA) is 40.6 Å². The molecule has 0 unspecified atom stereocenters. The summed E-state index contributed by atoms with van der Waals surface area (Å²) in [6.45, 7) is 2.33. The van der Waals surface area contributed by atoms with Gasteiger partial charge >= 0.3 is 0 Å². The number of thiophene rings is 1. The molecule has 1 aromatic heterocycles. The largest absolute Gasteiger partial charge is 0.347 e. The van der Waals surface area contributed by atoms with Crippen LogP contribution in [0, 0.1) is 5.82 Å². The number of halogens is 1. The van der Waals surface area contributed by atoms with Gasteiger partial charge in [-0.05, 0) is 36.1 Å². The van der Waals surface area contributed by atoms with E-state index in [4.69, 9.17) is 0 Å². The number of rotatable bonds is 5. The molecular weight excluding hydrogens is 315 g/mol. The van der Waals surface area contributed by atoms with Gasteiger partial charge in [0, 0.05) is 26.2 Å². The first-order valence-electron chi connectivity index (χ1n) is 7.27. The van der Waals surface area contributed by atoms with Crippen molar-refractivity contribution in [2.24, 2.45) is 0 Å². The standard InChI is InChI=1S/C17H19FN2O2S/c1-4-20(11-15(21)19(2)3)17(22)16-14(9-10-23-16)12-5-7-13(18)8-6-12/h5-10H,4,11H2,1-3H3. The van der Waals surface area contributed by atoms with Crippen LogP contribution in [0.1, 0.15) is 16.6 Å². The second-order valence-electron chi connectivity index (χ2n) is 5.28. The van der Waals surface area contributed by atoms with Crippen LogP contribution in [0.2, 0.25) is 0 Å². The van der Waals surface area contributed by atoms with Crippen LogP contribution in [0.15, 0.2) is 35.7 Å². The minimum atomic E-state index is -0.316. The Morgan fingerprint density at radius 1 is 1.13 bits per heavy atom. The third-order valence-electron chi connectivity index (χ3n) is 3.51. The van der Waals surface area contributed by atoms with Crippen LogP contribution in [0.25, 0.3) is 11.1 Å². The van der Waals surface area contributed by atoms with Crippen LogP contribution in [-0.4, -0.2) is 48.8 Å². The fraction of sp³-hybridized carbons (Fsp3) is 0.294. The van der Waals surface area contributed by atoms with Crippen molar-refractivity contribution in [3.05, 3.63) is 46.4 Å². The molecule has 4 nitrogen and oxygen atoms in total. The van der Waals surface area contributed by atoms with E-state index in [-0.39, 0.29) is 24.2 Å². The monoisotopic (exact) mass is 334 g/mol. The molecule has 0 bridgehead atoms. The summed E-state index contributed by atoms with van der Waals surface area (Å²) in [5, 5.41) is 1.83. The number of hydrogen-bond donors (Lipinski definition) is 0. The first kappa shape index (κ1) is 17.1. The molecule has 0 atom stereocenters. The summed E-state index contributed by atoms with van der Waals surface area (Å²) in [4.78, 5) is 28.2. The maximum atomic E-state index is 13.1. The van der Waals surface area contributed by atoms with Crippen LogP contribution < -0.4 is 0 Å². The predicted octanol–water partition coefficient (Wildman–Crippen LogP) is 3.10. The van der Waals surface area contributed by atoms with Crippen molar-refractivity contribution < 1.29 is 14.0 Å². The number of carbonyl (C=O) groups excluding carboxylic acids is 2. The molecule has 23 heavy (non-hydrogen) atoms. The maximum absolute atomic E-state index is 13.1. The van der Waals surface area contributed by atoms with Gasteiger partial charge in [0.25, 0.3) is 5.91 Å². The normalized spacial score (nSPS) is 10.4. The van der Waals surface area contributed by atoms with Crippen LogP contribution in [0.4, 0.5) is 4.39 Å². The van der Waals surface area contributed by atoms with Crippen molar-refractivity contribution in [2.75, 3.05) is 27.2 Å². The lowest BCUT2D eigenvalue weighted by atomic mass is 10.1. The molecule has 0 aliphatic rings. The zero-order valence-corrected chi connectivity index (χ0v) is 14.2. The lowest BCUT2D eigenvalue weighted by Crippen LogP contribution is -2.40. The molecule has 0 spiro atoms. The summed E-state index contributed by atoms with van der Waals surface area (Å²) in [6.07, 6.45) is 0. The lowest BCUT2D eigenvalue weighted by molar-refractivity contribution is -0.129. The van der Waals surface area contributed by atoms with Crippen LogP contribution in [0.3, 0.4) is 0 Å². The Morgan fingerprint density at radius 3 is 2.35 bits per heavy atom. The highest BCUT2D eigenvalue weighted by Gasteiger charge is 2.22. The van der Waals surface area contributed by atoms with E-state index in [1.54, 1.807) is 26.2 Å². The van der Waals surface area contributed by atoms with Gasteiger partial charge in [0.1, 0.15) is 12.4 Å². The van der Waals surface area contributed by atoms with Gasteiger partial charge in [-0.15, -0.1) is 11.3 Å². The smallest absolute Gasteiger partial charge is 0.265 e. The fourth-order valence-corrected chi connectivity index (χ4v) is 2.99. The number of amides is 2. The van der Waals surface area contributed by atoms with E-state index < -0.39 is 0 Å². The van der Waals surface area contributed by atoms with Gasteiger partial charge in [-0.3, -0.25) is 9.59 Å². The van der Waals surface area contributed by atoms with Gasteiger partial charge in [-0.2, -0.15) is 0 Å². The highest BCUT2D eigenvalue weighted by atomic mass is 32.1. The summed E-state index contributed by atoms with van der Waals surface area (Å²) in [5.41, 5.74) is 1.54. The van der Waals surface area contributed by atoms with E-state index in [1.165, 1.54) is 33.3 Å². The molecule has 2 rings (SSSR count). The van der Waals surface area contributed by atoms with Gasteiger partial charge in [0.2, 0.25) is 5.91 Å². The highest BCUT2D eigenvalue weighted by Crippen LogP contribution is 2.29. The van der Waals surface area contributed by atoms with E-state index in [1.807, 2.05) is 18.4 Å². The third-order valence-corrected chi connectivity index (χ3v) is 4.41. The number of hydrogen-bond acceptors (Lipinski definition) is 3. The molecule has 0 fully saturated rings. The molecule has 6 heteroatoms. The van der Waals surface area contributed by atoms with Crippen LogP contribution in [0.5, 0.6) is 0 Å². The molecule has 0 radical (unpaired) electrons. The minimum Gasteiger partial charge on any atom is -0.347 e. The summed E-state index contributed by atoms with van der Waals surface area (Å²) in [5.74, 6) is -0.624. The molecule has 0 saturated heterocycles. The average Bonchev–Trinajstić information content (AvgIpc) is 3.01. The van der Waals surface area contributed by atoms with Crippen LogP contribution >= 0.6 is 11.3 Å². The number of carbonyl (C=O) groups is 2. The van der Waals surface area contributed by atoms with E-state index >= 15 is 0 Å². The van der Waals surface area contributed by atoms with Gasteiger partial charge in [0.15, 0.2) is 0 Å². The fourth-order valence-electron chi connectivity index (χ4n) is 2.11. The number of nitrogens with zero attached hydrogens (tertiary/aromatic N) is 2. The first-order valence-corrected chi connectivity index (χ1v) is 8.14. The van der Waals surface area contributed by atoms with Crippen molar-refractivity contribution in [3.8, 4) is 11.1 Å². The van der Waals surface area contributed by atoms with Crippen LogP contribution in [-0.2, 0) is 4.79 Å². The second-order valence-corrected chi connectivity index (χ2v) is 6.19. The maximum Gasteiger partial charge on any atom is 0.265 e. The molecular formula is C17H19FN2O2S. The first-order chi connectivity index (χ1) is 10.9. The number of benzene rings is 1. The minimum absolute atomic E-state index is 0.0447. The zero-order chi connectivity index (χ0) is 17.0. The number of likely N-dealkylation sites (N-methyl/N-ethyl adjacent to an activating group) is 2. The van der Waals surface area contributed by atoms with Gasteiger partial charge in [0.05, 0.1) is 4.88 Å². The second kappa shape index (κ2) is 7.37. The Bertz CT molecular complexity index is 695. The van der Waals surface area contributed by atoms with Crippen molar-refractivity contribution >= 4 is 23.2 Å². The predicted molar refractivity (Wildman–Crippen MR) is 90.0 cm³/mol. The molecule has 1 aromatic carbocycles. The molecule has 2 amide bonds. The molecule has 0 aliphatic heterocycles. The lowest BCUT2D eigenvalue weighted by Gasteiger charge is -2.22. The summed E-state index contributed by atoms with van der Waals surface area (Å²) < 4.78 is 13.1. The van der Waals surface area contributed by atoms with Crippen molar-refractivity contribution in [2.45, 2.75) is 6.92 Å². The Hall–Kier alpha value is -2.21. The third kappa shape index (κ3) is 3.96. The SMILES string of the molecule is CCN(CC(=O)N(C)C)C(=O)c1sccc1-c1ccc(F)cc1. The van der Waals surface area contributed by atoms with Gasteiger partial charge in [-0.25, -0.2) is 4.39 Å². The summed E-state index contributed by atoms with van der Waals surface area (Å²) in [7, 11) is 3.32. The Kier molecular flexibility index (Phi) is 5.50. The van der Waals surface area contributed by atoms with Crippen molar-refractivity contribution in [3.63, 3.8) is 0 Å². The summed E-state index contributed by atoms with van der Waals surface area (Å²) in [6, 6.07) is 7.88. The molecule has 0 N–H and O–H groups in total. The van der Waals surface area contributed by atoms with E-state index in [0.29, 0.717) is 11.4 Å². The molecule has 2 aromatic rings. The Labute approximate surface area is 139 Å². The van der Waals surface area contributed by atoms with E-state index in [0.717, 1.165) is 11.1 Å². The highest BCUT2D eigenvalue weighted by molar-refractivity contribution is 7.12. The Balaban J connectivity index is 2.27. The van der Waals surface area contributed by atoms with Gasteiger partial charge in [-0.1, -0.05) is 12.1 Å². The summed E-state index contributed by atoms with van der Waals surface area (Å²) >= 11 is 1.33. The van der Waals surface area contributed by atoms with E-state index in [9.17, 15) is 14.0 Å². The van der Waals surface area contributed by atoms with E-state index in [2.05, 4.69) is 0 Å². The van der Waals surface area contributed by atoms with Crippen molar-refractivity contribution in [1.82, 2.24) is 9.80 Å². The zero-order valence-electron chi connectivity index (χ0n) is 13.4. The van der Waals surface area contributed by atoms with Crippen molar-refractivity contribution in [1.29, 1.82) is 0 Å². The quantitative estimate of drug-likeness (QED) is 0.843. The van der Waals surface area contributed by atoms with Gasteiger partial charge < -0.3 is 9.80 Å². The molecule has 1 heterocycles. The molecule has 0 saturated carbocycles. The molecule has 122 valence electrons.